The van der Waals surface area contributed by atoms with Crippen LogP contribution in [0.25, 0.3) is 0 Å². The van der Waals surface area contributed by atoms with Gasteiger partial charge in [0.15, 0.2) is 0 Å². The lowest BCUT2D eigenvalue weighted by Crippen LogP contribution is -2.29. The van der Waals surface area contributed by atoms with E-state index in [1.54, 1.807) is 0 Å². The summed E-state index contributed by atoms with van der Waals surface area (Å²) >= 11 is 0. The first-order valence-electron chi connectivity index (χ1n) is 6.47. The third kappa shape index (κ3) is 2.99. The van der Waals surface area contributed by atoms with Crippen LogP contribution in [0.5, 0.6) is 0 Å². The zero-order valence-corrected chi connectivity index (χ0v) is 10.3. The number of benzene rings is 1. The van der Waals surface area contributed by atoms with Gasteiger partial charge < -0.3 is 10.6 Å². The normalized spacial score (nSPS) is 17.3. The number of amidine groups is 1. The number of rotatable bonds is 2. The smallest absolute Gasteiger partial charge is 0.124 e. The van der Waals surface area contributed by atoms with E-state index in [4.69, 9.17) is 11.1 Å². The van der Waals surface area contributed by atoms with Crippen LogP contribution < -0.4 is 10.6 Å². The van der Waals surface area contributed by atoms with Crippen LogP contribution >= 0.6 is 0 Å². The minimum atomic E-state index is 0.169. The van der Waals surface area contributed by atoms with Gasteiger partial charge in [0.05, 0.1) is 0 Å². The van der Waals surface area contributed by atoms with Crippen molar-refractivity contribution in [2.24, 2.45) is 5.73 Å². The van der Waals surface area contributed by atoms with E-state index in [1.165, 1.54) is 32.1 Å². The highest BCUT2D eigenvalue weighted by Crippen LogP contribution is 2.23. The van der Waals surface area contributed by atoms with Crippen LogP contribution in [0.3, 0.4) is 0 Å². The number of hydrogen-bond donors (Lipinski definition) is 2. The van der Waals surface area contributed by atoms with Crippen molar-refractivity contribution in [3.05, 3.63) is 29.8 Å². The summed E-state index contributed by atoms with van der Waals surface area (Å²) in [4.78, 5) is 2.38. The third-order valence-corrected chi connectivity index (χ3v) is 3.39. The minimum Gasteiger partial charge on any atom is -0.384 e. The summed E-state index contributed by atoms with van der Waals surface area (Å²) in [6.07, 6.45) is 6.48. The Kier molecular flexibility index (Phi) is 4.02. The summed E-state index contributed by atoms with van der Waals surface area (Å²) in [7, 11) is 0. The maximum absolute atomic E-state index is 7.64. The van der Waals surface area contributed by atoms with E-state index < -0.39 is 0 Å². The number of anilines is 1. The van der Waals surface area contributed by atoms with Crippen LogP contribution in [0.15, 0.2) is 24.3 Å². The summed E-state index contributed by atoms with van der Waals surface area (Å²) in [6.45, 7) is 2.18. The molecule has 0 aliphatic carbocycles. The van der Waals surface area contributed by atoms with Crippen molar-refractivity contribution >= 4 is 11.5 Å². The Morgan fingerprint density at radius 1 is 1.00 bits per heavy atom. The standard InChI is InChI=1S/C14H21N3/c15-14(16)12-8-4-5-9-13(12)17-10-6-2-1-3-7-11-17/h4-5,8-9H,1-3,6-7,10-11H2,(H3,15,16). The van der Waals surface area contributed by atoms with E-state index in [2.05, 4.69) is 11.0 Å². The second-order valence-electron chi connectivity index (χ2n) is 4.69. The Balaban J connectivity index is 2.21. The molecule has 0 unspecified atom stereocenters. The van der Waals surface area contributed by atoms with Gasteiger partial charge in [-0.1, -0.05) is 31.4 Å². The van der Waals surface area contributed by atoms with Gasteiger partial charge in [0.1, 0.15) is 5.84 Å². The first-order valence-corrected chi connectivity index (χ1v) is 6.47. The van der Waals surface area contributed by atoms with Crippen LogP contribution in [0.2, 0.25) is 0 Å². The quantitative estimate of drug-likeness (QED) is 0.607. The van der Waals surface area contributed by atoms with Crippen molar-refractivity contribution < 1.29 is 0 Å². The van der Waals surface area contributed by atoms with Gasteiger partial charge in [0.2, 0.25) is 0 Å². The molecule has 1 aromatic rings. The van der Waals surface area contributed by atoms with E-state index >= 15 is 0 Å². The number of nitrogens with two attached hydrogens (primary N) is 1. The van der Waals surface area contributed by atoms with Crippen molar-refractivity contribution in [2.45, 2.75) is 32.1 Å². The van der Waals surface area contributed by atoms with E-state index in [0.29, 0.717) is 0 Å². The third-order valence-electron chi connectivity index (χ3n) is 3.39. The van der Waals surface area contributed by atoms with Crippen molar-refractivity contribution in [3.8, 4) is 0 Å². The number of nitrogens with one attached hydrogen (secondary N) is 1. The molecular weight excluding hydrogens is 210 g/mol. The molecule has 3 N–H and O–H groups in total. The molecule has 3 nitrogen and oxygen atoms in total. The molecule has 2 rings (SSSR count). The van der Waals surface area contributed by atoms with Gasteiger partial charge in [0.25, 0.3) is 0 Å². The highest BCUT2D eigenvalue weighted by atomic mass is 15.1. The van der Waals surface area contributed by atoms with Gasteiger partial charge >= 0.3 is 0 Å². The van der Waals surface area contributed by atoms with Crippen LogP contribution in [-0.4, -0.2) is 18.9 Å². The molecule has 0 atom stereocenters. The molecule has 0 saturated carbocycles. The lowest BCUT2D eigenvalue weighted by atomic mass is 10.1. The largest absolute Gasteiger partial charge is 0.384 e. The van der Waals surface area contributed by atoms with Gasteiger partial charge in [-0.05, 0) is 25.0 Å². The lowest BCUT2D eigenvalue weighted by Gasteiger charge is -2.28. The molecule has 1 saturated heterocycles. The van der Waals surface area contributed by atoms with Gasteiger partial charge in [-0.3, -0.25) is 5.41 Å². The Morgan fingerprint density at radius 3 is 2.24 bits per heavy atom. The molecule has 1 aromatic carbocycles. The molecule has 1 fully saturated rings. The predicted molar refractivity (Wildman–Crippen MR) is 72.8 cm³/mol. The van der Waals surface area contributed by atoms with Crippen LogP contribution in [0, 0.1) is 5.41 Å². The SMILES string of the molecule is N=C(N)c1ccccc1N1CCCCCCC1. The average Bonchev–Trinajstić information content (AvgIpc) is 2.28. The molecule has 0 bridgehead atoms. The number of nitrogen functional groups attached to an aromatic ring is 1. The Hall–Kier alpha value is -1.51. The molecule has 3 heteroatoms. The van der Waals surface area contributed by atoms with Crippen molar-refractivity contribution in [2.75, 3.05) is 18.0 Å². The first kappa shape index (κ1) is 12.0. The molecule has 0 spiro atoms. The zero-order chi connectivity index (χ0) is 12.1. The lowest BCUT2D eigenvalue weighted by molar-refractivity contribution is 0.556. The highest BCUT2D eigenvalue weighted by molar-refractivity contribution is 6.00. The fraction of sp³-hybridized carbons (Fsp3) is 0.500. The number of nitrogens with zero attached hydrogens (tertiary/aromatic N) is 1. The summed E-state index contributed by atoms with van der Waals surface area (Å²) in [5.41, 5.74) is 7.64. The maximum atomic E-state index is 7.64. The predicted octanol–water partition coefficient (Wildman–Crippen LogP) is 2.74. The number of para-hydroxylation sites is 1. The fourth-order valence-corrected chi connectivity index (χ4v) is 2.47. The molecule has 0 radical (unpaired) electrons. The fourth-order valence-electron chi connectivity index (χ4n) is 2.47. The molecule has 92 valence electrons. The highest BCUT2D eigenvalue weighted by Gasteiger charge is 2.13. The van der Waals surface area contributed by atoms with Crippen molar-refractivity contribution in [1.82, 2.24) is 0 Å². The zero-order valence-electron chi connectivity index (χ0n) is 10.3. The number of hydrogen-bond acceptors (Lipinski definition) is 2. The molecule has 1 aliphatic rings. The van der Waals surface area contributed by atoms with Gasteiger partial charge in [0, 0.05) is 24.3 Å². The van der Waals surface area contributed by atoms with E-state index in [0.717, 1.165) is 24.3 Å². The molecule has 17 heavy (non-hydrogen) atoms. The van der Waals surface area contributed by atoms with E-state index in [-0.39, 0.29) is 5.84 Å². The van der Waals surface area contributed by atoms with E-state index in [9.17, 15) is 0 Å². The molecular formula is C14H21N3. The minimum absolute atomic E-state index is 0.169. The van der Waals surface area contributed by atoms with Gasteiger partial charge in [-0.15, -0.1) is 0 Å². The Labute approximate surface area is 103 Å². The molecule has 1 heterocycles. The van der Waals surface area contributed by atoms with Crippen molar-refractivity contribution in [1.29, 1.82) is 5.41 Å². The molecule has 0 amide bonds. The monoisotopic (exact) mass is 231 g/mol. The summed E-state index contributed by atoms with van der Waals surface area (Å²) < 4.78 is 0. The van der Waals surface area contributed by atoms with Crippen LogP contribution in [0.4, 0.5) is 5.69 Å². The van der Waals surface area contributed by atoms with Crippen LogP contribution in [-0.2, 0) is 0 Å². The molecule has 0 aromatic heterocycles. The summed E-state index contributed by atoms with van der Waals surface area (Å²) in [6, 6.07) is 8.00. The maximum Gasteiger partial charge on any atom is 0.124 e. The summed E-state index contributed by atoms with van der Waals surface area (Å²) in [5.74, 6) is 0.169. The average molecular weight is 231 g/mol. The van der Waals surface area contributed by atoms with E-state index in [1.807, 2.05) is 18.2 Å². The van der Waals surface area contributed by atoms with Crippen molar-refractivity contribution in [3.63, 3.8) is 0 Å². The van der Waals surface area contributed by atoms with Crippen LogP contribution in [0.1, 0.15) is 37.7 Å². The second kappa shape index (κ2) is 5.71. The first-order chi connectivity index (χ1) is 8.29. The summed E-state index contributed by atoms with van der Waals surface area (Å²) in [5, 5.41) is 7.64. The Bertz CT molecular complexity index is 379. The van der Waals surface area contributed by atoms with Gasteiger partial charge in [-0.25, -0.2) is 0 Å². The molecule has 1 aliphatic heterocycles. The van der Waals surface area contributed by atoms with Gasteiger partial charge in [-0.2, -0.15) is 0 Å². The topological polar surface area (TPSA) is 53.1 Å². The second-order valence-corrected chi connectivity index (χ2v) is 4.69. The Morgan fingerprint density at radius 2 is 1.59 bits per heavy atom.